The molecule has 0 aliphatic rings. The van der Waals surface area contributed by atoms with Crippen molar-refractivity contribution in [3.63, 3.8) is 0 Å². The number of benzene rings is 1. The summed E-state index contributed by atoms with van der Waals surface area (Å²) in [6, 6.07) is 7.71. The topological polar surface area (TPSA) is 78.4 Å². The summed E-state index contributed by atoms with van der Waals surface area (Å²) in [5, 5.41) is 14.2. The number of nitrogens with one attached hydrogen (secondary N) is 2. The summed E-state index contributed by atoms with van der Waals surface area (Å²) >= 11 is 3.36. The second kappa shape index (κ2) is 7.71. The Hall–Kier alpha value is -1.56. The Balaban J connectivity index is 2.15. The molecule has 18 heavy (non-hydrogen) atoms. The highest BCUT2D eigenvalue weighted by molar-refractivity contribution is 9.10. The number of carbonyl (C=O) groups excluding carboxylic acids is 1. The summed E-state index contributed by atoms with van der Waals surface area (Å²) in [5.41, 5.74) is 0.962. The molecule has 0 saturated carbocycles. The number of anilines is 1. The Bertz CT molecular complexity index is 424. The molecular formula is C12H15BrN2O3. The van der Waals surface area contributed by atoms with Gasteiger partial charge in [0.25, 0.3) is 0 Å². The number of hydrogen-bond donors (Lipinski definition) is 3. The number of amides is 1. The van der Waals surface area contributed by atoms with Gasteiger partial charge in [0.1, 0.15) is 0 Å². The Labute approximate surface area is 114 Å². The van der Waals surface area contributed by atoms with Crippen LogP contribution < -0.4 is 10.6 Å². The van der Waals surface area contributed by atoms with Gasteiger partial charge in [0.2, 0.25) is 5.91 Å². The van der Waals surface area contributed by atoms with Crippen LogP contribution in [0.5, 0.6) is 0 Å². The first-order valence-corrected chi connectivity index (χ1v) is 6.35. The Morgan fingerprint density at radius 1 is 1.22 bits per heavy atom. The fourth-order valence-corrected chi connectivity index (χ4v) is 1.72. The van der Waals surface area contributed by atoms with E-state index in [9.17, 15) is 9.59 Å². The third kappa shape index (κ3) is 6.24. The van der Waals surface area contributed by atoms with E-state index in [-0.39, 0.29) is 18.7 Å². The minimum Gasteiger partial charge on any atom is -0.481 e. The normalized spacial score (nSPS) is 9.83. The molecule has 0 bridgehead atoms. The van der Waals surface area contributed by atoms with E-state index in [2.05, 4.69) is 26.6 Å². The molecule has 1 rings (SSSR count). The van der Waals surface area contributed by atoms with Crippen LogP contribution in [-0.2, 0) is 9.59 Å². The van der Waals surface area contributed by atoms with Crippen molar-refractivity contribution in [2.24, 2.45) is 0 Å². The third-order valence-corrected chi connectivity index (χ3v) is 2.66. The largest absolute Gasteiger partial charge is 0.481 e. The molecule has 0 aliphatic carbocycles. The lowest BCUT2D eigenvalue weighted by Gasteiger charge is -2.07. The molecular weight excluding hydrogens is 300 g/mol. The highest BCUT2D eigenvalue weighted by atomic mass is 79.9. The lowest BCUT2D eigenvalue weighted by atomic mass is 10.3. The molecule has 0 aromatic heterocycles. The van der Waals surface area contributed by atoms with Gasteiger partial charge in [-0.05, 0) is 18.2 Å². The van der Waals surface area contributed by atoms with Gasteiger partial charge in [-0.3, -0.25) is 9.59 Å². The molecule has 0 spiro atoms. The molecule has 98 valence electrons. The third-order valence-electron chi connectivity index (χ3n) is 2.17. The van der Waals surface area contributed by atoms with Crippen molar-refractivity contribution in [1.29, 1.82) is 0 Å². The molecule has 6 heteroatoms. The fraction of sp³-hybridized carbons (Fsp3) is 0.333. The van der Waals surface area contributed by atoms with Crippen molar-refractivity contribution in [3.05, 3.63) is 28.7 Å². The number of carboxylic acid groups (broad SMARTS) is 1. The first-order chi connectivity index (χ1) is 8.58. The average molecular weight is 315 g/mol. The zero-order chi connectivity index (χ0) is 13.4. The maximum absolute atomic E-state index is 11.2. The van der Waals surface area contributed by atoms with E-state index in [0.29, 0.717) is 13.1 Å². The molecule has 0 fully saturated rings. The summed E-state index contributed by atoms with van der Waals surface area (Å²) in [5.74, 6) is -1.20. The van der Waals surface area contributed by atoms with Gasteiger partial charge in [0, 0.05) is 29.7 Å². The Morgan fingerprint density at radius 3 is 2.67 bits per heavy atom. The summed E-state index contributed by atoms with van der Waals surface area (Å²) in [6.45, 7) is 1.06. The van der Waals surface area contributed by atoms with Crippen LogP contribution in [0.25, 0.3) is 0 Å². The summed E-state index contributed by atoms with van der Waals surface area (Å²) < 4.78 is 0.984. The first-order valence-electron chi connectivity index (χ1n) is 5.56. The summed E-state index contributed by atoms with van der Waals surface area (Å²) in [7, 11) is 0. The monoisotopic (exact) mass is 314 g/mol. The number of carbonyl (C=O) groups is 2. The van der Waals surface area contributed by atoms with Gasteiger partial charge in [0.05, 0.1) is 6.42 Å². The van der Waals surface area contributed by atoms with Crippen LogP contribution in [0.15, 0.2) is 28.7 Å². The van der Waals surface area contributed by atoms with Crippen molar-refractivity contribution in [2.45, 2.75) is 12.8 Å². The van der Waals surface area contributed by atoms with Gasteiger partial charge in [-0.15, -0.1) is 0 Å². The first kappa shape index (κ1) is 14.5. The maximum Gasteiger partial charge on any atom is 0.303 e. The van der Waals surface area contributed by atoms with Gasteiger partial charge in [-0.25, -0.2) is 0 Å². The SMILES string of the molecule is O=C(O)CCC(=O)NCCNc1cccc(Br)c1. The van der Waals surface area contributed by atoms with E-state index in [4.69, 9.17) is 5.11 Å². The predicted octanol–water partition coefficient (Wildman–Crippen LogP) is 1.84. The molecule has 0 radical (unpaired) electrons. The standard InChI is InChI=1S/C12H15BrN2O3/c13-9-2-1-3-10(8-9)14-6-7-15-11(16)4-5-12(17)18/h1-3,8,14H,4-7H2,(H,15,16)(H,17,18). The van der Waals surface area contributed by atoms with Gasteiger partial charge in [-0.1, -0.05) is 22.0 Å². The summed E-state index contributed by atoms with van der Waals surface area (Å²) in [6.07, 6.45) is -0.114. The minimum absolute atomic E-state index is 0.0201. The van der Waals surface area contributed by atoms with E-state index >= 15 is 0 Å². The number of rotatable bonds is 7. The van der Waals surface area contributed by atoms with Crippen molar-refractivity contribution in [1.82, 2.24) is 5.32 Å². The van der Waals surface area contributed by atoms with Crippen LogP contribution in [0.1, 0.15) is 12.8 Å². The van der Waals surface area contributed by atoms with E-state index in [1.165, 1.54) is 0 Å². The molecule has 0 unspecified atom stereocenters. The van der Waals surface area contributed by atoms with Gasteiger partial charge in [-0.2, -0.15) is 0 Å². The molecule has 0 aliphatic heterocycles. The molecule has 0 heterocycles. The molecule has 5 nitrogen and oxygen atoms in total. The zero-order valence-corrected chi connectivity index (χ0v) is 11.4. The minimum atomic E-state index is -0.961. The summed E-state index contributed by atoms with van der Waals surface area (Å²) in [4.78, 5) is 21.5. The smallest absolute Gasteiger partial charge is 0.303 e. The molecule has 1 amide bonds. The highest BCUT2D eigenvalue weighted by Gasteiger charge is 2.03. The van der Waals surface area contributed by atoms with Crippen LogP contribution in [0, 0.1) is 0 Å². The molecule has 3 N–H and O–H groups in total. The van der Waals surface area contributed by atoms with Crippen LogP contribution in [-0.4, -0.2) is 30.1 Å². The number of aliphatic carboxylic acids is 1. The molecule has 0 saturated heterocycles. The quantitative estimate of drug-likeness (QED) is 0.671. The second-order valence-electron chi connectivity index (χ2n) is 3.68. The van der Waals surface area contributed by atoms with Crippen LogP contribution in [0.4, 0.5) is 5.69 Å². The number of carboxylic acids is 1. The van der Waals surface area contributed by atoms with Gasteiger partial charge in [0.15, 0.2) is 0 Å². The van der Waals surface area contributed by atoms with E-state index < -0.39 is 5.97 Å². The lowest BCUT2D eigenvalue weighted by Crippen LogP contribution is -2.28. The van der Waals surface area contributed by atoms with Crippen LogP contribution in [0.3, 0.4) is 0 Å². The lowest BCUT2D eigenvalue weighted by molar-refractivity contribution is -0.138. The second-order valence-corrected chi connectivity index (χ2v) is 4.60. The van der Waals surface area contributed by atoms with Crippen molar-refractivity contribution >= 4 is 33.5 Å². The van der Waals surface area contributed by atoms with Crippen LogP contribution in [0.2, 0.25) is 0 Å². The maximum atomic E-state index is 11.2. The van der Waals surface area contributed by atoms with Crippen molar-refractivity contribution in [3.8, 4) is 0 Å². The molecule has 1 aromatic carbocycles. The molecule has 0 atom stereocenters. The average Bonchev–Trinajstić information content (AvgIpc) is 2.32. The molecule has 1 aromatic rings. The Morgan fingerprint density at radius 2 is 2.00 bits per heavy atom. The van der Waals surface area contributed by atoms with E-state index in [1.54, 1.807) is 0 Å². The van der Waals surface area contributed by atoms with Crippen molar-refractivity contribution in [2.75, 3.05) is 18.4 Å². The highest BCUT2D eigenvalue weighted by Crippen LogP contribution is 2.14. The van der Waals surface area contributed by atoms with E-state index in [0.717, 1.165) is 10.2 Å². The van der Waals surface area contributed by atoms with E-state index in [1.807, 2.05) is 24.3 Å². The van der Waals surface area contributed by atoms with Gasteiger partial charge < -0.3 is 15.7 Å². The van der Waals surface area contributed by atoms with Gasteiger partial charge >= 0.3 is 5.97 Å². The van der Waals surface area contributed by atoms with Crippen LogP contribution >= 0.6 is 15.9 Å². The fourth-order valence-electron chi connectivity index (χ4n) is 1.32. The number of hydrogen-bond acceptors (Lipinski definition) is 3. The van der Waals surface area contributed by atoms with Crippen molar-refractivity contribution < 1.29 is 14.7 Å². The predicted molar refractivity (Wildman–Crippen MR) is 72.5 cm³/mol. The number of halogens is 1. The Kier molecular flexibility index (Phi) is 6.21. The zero-order valence-electron chi connectivity index (χ0n) is 9.78.